The molecule has 0 saturated carbocycles. The maximum absolute atomic E-state index is 12.4. The second kappa shape index (κ2) is 9.82. The summed E-state index contributed by atoms with van der Waals surface area (Å²) in [6.07, 6.45) is 1.73. The third-order valence-electron chi connectivity index (χ3n) is 5.53. The first-order valence-electron chi connectivity index (χ1n) is 11.0. The zero-order valence-corrected chi connectivity index (χ0v) is 18.4. The molecule has 172 valence electrons. The van der Waals surface area contributed by atoms with E-state index in [1.54, 1.807) is 42.6 Å². The number of hydrogen-bond donors (Lipinski definition) is 3. The maximum Gasteiger partial charge on any atom is 0.323 e. The van der Waals surface area contributed by atoms with Crippen LogP contribution < -0.4 is 15.5 Å². The number of aliphatic hydroxyl groups excluding tert-OH is 1. The number of amides is 2. The smallest absolute Gasteiger partial charge is 0.323 e. The Morgan fingerprint density at radius 3 is 2.56 bits per heavy atom. The number of anilines is 3. The van der Waals surface area contributed by atoms with Crippen LogP contribution in [0.1, 0.15) is 5.56 Å². The molecule has 5 rings (SSSR count). The summed E-state index contributed by atoms with van der Waals surface area (Å²) in [5, 5.41) is 15.7. The van der Waals surface area contributed by atoms with Crippen molar-refractivity contribution in [3.05, 3.63) is 72.4 Å². The molecule has 1 fully saturated rings. The lowest BCUT2D eigenvalue weighted by Gasteiger charge is -2.28. The molecule has 1 aliphatic rings. The molecular weight excluding hydrogens is 432 g/mol. The van der Waals surface area contributed by atoms with E-state index in [1.807, 2.05) is 24.3 Å². The van der Waals surface area contributed by atoms with Gasteiger partial charge in [-0.1, -0.05) is 12.1 Å². The number of rotatable bonds is 5. The van der Waals surface area contributed by atoms with E-state index in [-0.39, 0.29) is 12.6 Å². The molecular formula is C25H24N6O3. The number of morpholine rings is 1. The normalized spacial score (nSPS) is 13.6. The van der Waals surface area contributed by atoms with Crippen molar-refractivity contribution in [1.29, 1.82) is 0 Å². The highest BCUT2D eigenvalue weighted by Crippen LogP contribution is 2.27. The summed E-state index contributed by atoms with van der Waals surface area (Å²) >= 11 is 0. The zero-order valence-electron chi connectivity index (χ0n) is 18.4. The predicted octanol–water partition coefficient (Wildman–Crippen LogP) is 3.66. The van der Waals surface area contributed by atoms with Crippen molar-refractivity contribution in [2.24, 2.45) is 0 Å². The first-order valence-corrected chi connectivity index (χ1v) is 11.0. The second-order valence-electron chi connectivity index (χ2n) is 7.86. The minimum absolute atomic E-state index is 0.0851. The van der Waals surface area contributed by atoms with Crippen LogP contribution in [0.5, 0.6) is 0 Å². The van der Waals surface area contributed by atoms with Crippen molar-refractivity contribution in [3.63, 3.8) is 0 Å². The lowest BCUT2D eigenvalue weighted by Crippen LogP contribution is -2.37. The van der Waals surface area contributed by atoms with Gasteiger partial charge in [0.2, 0.25) is 0 Å². The van der Waals surface area contributed by atoms with Gasteiger partial charge in [0.25, 0.3) is 0 Å². The van der Waals surface area contributed by atoms with E-state index >= 15 is 0 Å². The average molecular weight is 457 g/mol. The monoisotopic (exact) mass is 456 g/mol. The van der Waals surface area contributed by atoms with E-state index in [0.29, 0.717) is 36.1 Å². The fourth-order valence-corrected chi connectivity index (χ4v) is 3.84. The Morgan fingerprint density at radius 1 is 0.971 bits per heavy atom. The van der Waals surface area contributed by atoms with Crippen molar-refractivity contribution >= 4 is 34.3 Å². The Morgan fingerprint density at radius 2 is 1.76 bits per heavy atom. The molecule has 9 nitrogen and oxygen atoms in total. The standard InChI is InChI=1S/C25H24N6O3/c32-16-17-3-1-4-20(15-17)28-25(33)27-19-8-6-18(7-9-19)22-29-23-21(5-2-10-26-23)24(30-22)31-11-13-34-14-12-31/h1-10,15,32H,11-14,16H2,(H2,27,28,33). The number of hydrogen-bond acceptors (Lipinski definition) is 7. The van der Waals surface area contributed by atoms with Gasteiger partial charge in [-0.25, -0.2) is 19.7 Å². The highest BCUT2D eigenvalue weighted by Gasteiger charge is 2.18. The van der Waals surface area contributed by atoms with E-state index in [2.05, 4.69) is 25.5 Å². The van der Waals surface area contributed by atoms with E-state index in [4.69, 9.17) is 9.72 Å². The minimum atomic E-state index is -0.372. The first-order chi connectivity index (χ1) is 16.7. The molecule has 3 heterocycles. The molecule has 0 spiro atoms. The maximum atomic E-state index is 12.4. The first kappa shape index (κ1) is 21.7. The lowest BCUT2D eigenvalue weighted by atomic mass is 10.2. The predicted molar refractivity (Wildman–Crippen MR) is 131 cm³/mol. The quantitative estimate of drug-likeness (QED) is 0.420. The van der Waals surface area contributed by atoms with Crippen molar-refractivity contribution in [3.8, 4) is 11.4 Å². The van der Waals surface area contributed by atoms with Gasteiger partial charge in [0.1, 0.15) is 5.82 Å². The van der Waals surface area contributed by atoms with Crippen LogP contribution in [0.3, 0.4) is 0 Å². The van der Waals surface area contributed by atoms with Crippen LogP contribution in [0.25, 0.3) is 22.4 Å². The number of urea groups is 1. The molecule has 0 bridgehead atoms. The molecule has 3 N–H and O–H groups in total. The third kappa shape index (κ3) is 4.80. The van der Waals surface area contributed by atoms with Crippen LogP contribution in [0.4, 0.5) is 22.0 Å². The Hall–Kier alpha value is -4.08. The summed E-state index contributed by atoms with van der Waals surface area (Å²) in [7, 11) is 0. The number of carbonyl (C=O) groups excluding carboxylic acids is 1. The fourth-order valence-electron chi connectivity index (χ4n) is 3.84. The summed E-state index contributed by atoms with van der Waals surface area (Å²) in [6.45, 7) is 2.76. The summed E-state index contributed by atoms with van der Waals surface area (Å²) < 4.78 is 5.49. The molecule has 9 heteroatoms. The van der Waals surface area contributed by atoms with Gasteiger partial charge in [-0.2, -0.15) is 0 Å². The van der Waals surface area contributed by atoms with Gasteiger partial charge in [0.15, 0.2) is 11.5 Å². The van der Waals surface area contributed by atoms with Crippen molar-refractivity contribution in [1.82, 2.24) is 15.0 Å². The molecule has 2 aromatic heterocycles. The van der Waals surface area contributed by atoms with E-state index < -0.39 is 0 Å². The number of aromatic nitrogens is 3. The van der Waals surface area contributed by atoms with Crippen LogP contribution in [0, 0.1) is 0 Å². The number of nitrogens with zero attached hydrogens (tertiary/aromatic N) is 4. The van der Waals surface area contributed by atoms with Gasteiger partial charge in [-0.05, 0) is 54.1 Å². The largest absolute Gasteiger partial charge is 0.392 e. The van der Waals surface area contributed by atoms with Crippen molar-refractivity contribution in [2.75, 3.05) is 41.8 Å². The fraction of sp³-hybridized carbons (Fsp3) is 0.200. The third-order valence-corrected chi connectivity index (χ3v) is 5.53. The highest BCUT2D eigenvalue weighted by molar-refractivity contribution is 6.00. The number of carbonyl (C=O) groups is 1. The van der Waals surface area contributed by atoms with Crippen LogP contribution in [-0.4, -0.2) is 52.4 Å². The number of ether oxygens (including phenoxy) is 1. The van der Waals surface area contributed by atoms with Gasteiger partial charge < -0.3 is 25.4 Å². The summed E-state index contributed by atoms with van der Waals surface area (Å²) in [5.74, 6) is 1.42. The molecule has 0 atom stereocenters. The van der Waals surface area contributed by atoms with Gasteiger partial charge >= 0.3 is 6.03 Å². The van der Waals surface area contributed by atoms with E-state index in [0.717, 1.165) is 35.4 Å². The molecule has 0 radical (unpaired) electrons. The van der Waals surface area contributed by atoms with Crippen LogP contribution in [0.15, 0.2) is 66.9 Å². The number of nitrogens with one attached hydrogen (secondary N) is 2. The topological polar surface area (TPSA) is 113 Å². The number of aliphatic hydroxyl groups is 1. The van der Waals surface area contributed by atoms with Crippen molar-refractivity contribution < 1.29 is 14.6 Å². The Balaban J connectivity index is 1.35. The Labute approximate surface area is 196 Å². The van der Waals surface area contributed by atoms with E-state index in [1.165, 1.54) is 0 Å². The minimum Gasteiger partial charge on any atom is -0.392 e. The summed E-state index contributed by atoms with van der Waals surface area (Å²) in [6, 6.07) is 17.9. The van der Waals surface area contributed by atoms with Gasteiger partial charge in [-0.15, -0.1) is 0 Å². The number of pyridine rings is 1. The zero-order chi connectivity index (χ0) is 23.3. The molecule has 34 heavy (non-hydrogen) atoms. The highest BCUT2D eigenvalue weighted by atomic mass is 16.5. The van der Waals surface area contributed by atoms with Crippen LogP contribution >= 0.6 is 0 Å². The molecule has 0 aliphatic carbocycles. The SMILES string of the molecule is O=C(Nc1ccc(-c2nc(N3CCOCC3)c3cccnc3n2)cc1)Nc1cccc(CO)c1. The lowest BCUT2D eigenvalue weighted by molar-refractivity contribution is 0.122. The molecule has 2 aromatic carbocycles. The molecule has 1 saturated heterocycles. The summed E-state index contributed by atoms with van der Waals surface area (Å²) in [5.41, 5.74) is 3.42. The Kier molecular flexibility index (Phi) is 6.28. The molecule has 1 aliphatic heterocycles. The second-order valence-corrected chi connectivity index (χ2v) is 7.86. The van der Waals surface area contributed by atoms with Gasteiger partial charge in [0.05, 0.1) is 25.2 Å². The average Bonchev–Trinajstić information content (AvgIpc) is 2.89. The van der Waals surface area contributed by atoms with E-state index in [9.17, 15) is 9.90 Å². The summed E-state index contributed by atoms with van der Waals surface area (Å²) in [4.78, 5) is 28.5. The van der Waals surface area contributed by atoms with Crippen LogP contribution in [0.2, 0.25) is 0 Å². The van der Waals surface area contributed by atoms with Gasteiger partial charge in [0, 0.05) is 36.2 Å². The molecule has 0 unspecified atom stereocenters. The molecule has 4 aromatic rings. The van der Waals surface area contributed by atoms with Gasteiger partial charge in [-0.3, -0.25) is 0 Å². The van der Waals surface area contributed by atoms with Crippen molar-refractivity contribution in [2.45, 2.75) is 6.61 Å². The molecule has 2 amide bonds. The number of fused-ring (bicyclic) bond motifs is 1. The number of benzene rings is 2. The van der Waals surface area contributed by atoms with Crippen LogP contribution in [-0.2, 0) is 11.3 Å². The Bertz CT molecular complexity index is 1310.